The topological polar surface area (TPSA) is 49.3 Å². The van der Waals surface area contributed by atoms with Gasteiger partial charge in [-0.15, -0.1) is 0 Å². The first-order valence-electron chi connectivity index (χ1n) is 5.59. The second kappa shape index (κ2) is 6.28. The molecule has 0 aliphatic rings. The average molecular weight is 221 g/mol. The summed E-state index contributed by atoms with van der Waals surface area (Å²) < 4.78 is 0. The molecule has 2 N–H and O–H groups in total. The number of hydrogen-bond donors (Lipinski definition) is 2. The molecule has 0 radical (unpaired) electrons. The molecule has 0 spiro atoms. The van der Waals surface area contributed by atoms with Gasteiger partial charge in [0.25, 0.3) is 0 Å². The highest BCUT2D eigenvalue weighted by atomic mass is 16.4. The van der Waals surface area contributed by atoms with Crippen molar-refractivity contribution in [2.45, 2.75) is 26.3 Å². The zero-order valence-corrected chi connectivity index (χ0v) is 9.81. The van der Waals surface area contributed by atoms with Crippen molar-refractivity contribution < 1.29 is 9.90 Å². The van der Waals surface area contributed by atoms with Gasteiger partial charge in [-0.2, -0.15) is 0 Å². The smallest absolute Gasteiger partial charge is 0.317 e. The number of nitrogens with one attached hydrogen (secondary N) is 1. The first kappa shape index (κ1) is 12.7. The van der Waals surface area contributed by atoms with E-state index in [9.17, 15) is 4.79 Å². The van der Waals surface area contributed by atoms with Crippen molar-refractivity contribution in [1.29, 1.82) is 0 Å². The highest BCUT2D eigenvalue weighted by Gasteiger charge is 2.13. The van der Waals surface area contributed by atoms with Gasteiger partial charge in [0.1, 0.15) is 0 Å². The van der Waals surface area contributed by atoms with Crippen LogP contribution in [0.15, 0.2) is 30.3 Å². The summed E-state index contributed by atoms with van der Waals surface area (Å²) in [5.74, 6) is -0.281. The molecule has 1 unspecified atom stereocenters. The summed E-state index contributed by atoms with van der Waals surface area (Å²) in [6, 6.07) is 10.1. The van der Waals surface area contributed by atoms with Crippen molar-refractivity contribution in [3.63, 3.8) is 0 Å². The third-order valence-electron chi connectivity index (χ3n) is 2.41. The molecule has 3 nitrogen and oxygen atoms in total. The number of carboxylic acids is 1. The lowest BCUT2D eigenvalue weighted by Crippen LogP contribution is -2.28. The van der Waals surface area contributed by atoms with E-state index in [1.165, 1.54) is 0 Å². The molecular weight excluding hydrogens is 202 g/mol. The summed E-state index contributed by atoms with van der Waals surface area (Å²) >= 11 is 0. The van der Waals surface area contributed by atoms with Crippen molar-refractivity contribution in [2.75, 3.05) is 6.54 Å². The summed E-state index contributed by atoms with van der Waals surface area (Å²) in [6.07, 6.45) is 0.942. The van der Waals surface area contributed by atoms with Crippen LogP contribution in [0.25, 0.3) is 0 Å². The lowest BCUT2D eigenvalue weighted by atomic mass is 9.97. The predicted molar refractivity (Wildman–Crippen MR) is 64.3 cm³/mol. The van der Waals surface area contributed by atoms with Crippen molar-refractivity contribution in [3.8, 4) is 0 Å². The molecule has 0 amide bonds. The normalized spacial score (nSPS) is 12.7. The van der Waals surface area contributed by atoms with E-state index >= 15 is 0 Å². The van der Waals surface area contributed by atoms with Crippen molar-refractivity contribution in [2.24, 2.45) is 5.92 Å². The monoisotopic (exact) mass is 221 g/mol. The van der Waals surface area contributed by atoms with Gasteiger partial charge in [0, 0.05) is 6.04 Å². The van der Waals surface area contributed by atoms with E-state index in [1.54, 1.807) is 0 Å². The van der Waals surface area contributed by atoms with Crippen molar-refractivity contribution >= 4 is 5.97 Å². The summed E-state index contributed by atoms with van der Waals surface area (Å²) in [4.78, 5) is 10.6. The number of carbonyl (C=O) groups is 1. The zero-order valence-electron chi connectivity index (χ0n) is 9.81. The Morgan fingerprint density at radius 1 is 1.31 bits per heavy atom. The number of benzene rings is 1. The predicted octanol–water partition coefficient (Wildman–Crippen LogP) is 2.45. The third-order valence-corrected chi connectivity index (χ3v) is 2.41. The number of rotatable bonds is 6. The summed E-state index contributed by atoms with van der Waals surface area (Å²) in [6.45, 7) is 4.28. The molecule has 1 aromatic rings. The van der Waals surface area contributed by atoms with Gasteiger partial charge in [-0.25, -0.2) is 0 Å². The second-order valence-corrected chi connectivity index (χ2v) is 4.37. The first-order valence-corrected chi connectivity index (χ1v) is 5.59. The van der Waals surface area contributed by atoms with Crippen LogP contribution in [0, 0.1) is 5.92 Å². The third kappa shape index (κ3) is 4.45. The van der Waals surface area contributed by atoms with Crippen LogP contribution in [0.2, 0.25) is 0 Å². The van der Waals surface area contributed by atoms with Gasteiger partial charge in [-0.1, -0.05) is 44.2 Å². The Bertz CT molecular complexity index is 322. The van der Waals surface area contributed by atoms with Crippen LogP contribution in [-0.2, 0) is 4.79 Å². The van der Waals surface area contributed by atoms with Gasteiger partial charge in [-0.05, 0) is 17.9 Å². The molecule has 0 aliphatic carbocycles. The van der Waals surface area contributed by atoms with Crippen LogP contribution in [0.3, 0.4) is 0 Å². The quantitative estimate of drug-likeness (QED) is 0.775. The maximum Gasteiger partial charge on any atom is 0.317 e. The van der Waals surface area contributed by atoms with Crippen molar-refractivity contribution in [3.05, 3.63) is 35.9 Å². The molecule has 0 aromatic heterocycles. The Hall–Kier alpha value is -1.35. The van der Waals surface area contributed by atoms with Gasteiger partial charge in [0.15, 0.2) is 0 Å². The van der Waals surface area contributed by atoms with Gasteiger partial charge in [0.05, 0.1) is 6.54 Å². The number of aliphatic carboxylic acids is 1. The average Bonchev–Trinajstić information content (AvgIpc) is 2.25. The van der Waals surface area contributed by atoms with E-state index in [2.05, 4.69) is 19.2 Å². The fourth-order valence-corrected chi connectivity index (χ4v) is 1.70. The second-order valence-electron chi connectivity index (χ2n) is 4.37. The molecule has 1 aromatic carbocycles. The van der Waals surface area contributed by atoms with Crippen LogP contribution in [0.5, 0.6) is 0 Å². The Labute approximate surface area is 96.5 Å². The first-order chi connectivity index (χ1) is 7.59. The standard InChI is InChI=1S/C13H19NO2/c1-10(2)8-12(14-9-13(15)16)11-6-4-3-5-7-11/h3-7,10,12,14H,8-9H2,1-2H3,(H,15,16). The molecule has 88 valence electrons. The SMILES string of the molecule is CC(C)CC(NCC(=O)O)c1ccccc1. The molecule has 16 heavy (non-hydrogen) atoms. The van der Waals surface area contributed by atoms with Crippen LogP contribution >= 0.6 is 0 Å². The van der Waals surface area contributed by atoms with Crippen LogP contribution in [0.1, 0.15) is 31.9 Å². The molecule has 0 saturated carbocycles. The molecule has 0 heterocycles. The van der Waals surface area contributed by atoms with E-state index in [1.807, 2.05) is 30.3 Å². The van der Waals surface area contributed by atoms with E-state index in [0.717, 1.165) is 12.0 Å². The fourth-order valence-electron chi connectivity index (χ4n) is 1.70. The maximum atomic E-state index is 10.6. The number of carboxylic acid groups (broad SMARTS) is 1. The van der Waals surface area contributed by atoms with E-state index < -0.39 is 5.97 Å². The van der Waals surface area contributed by atoms with Gasteiger partial charge in [0.2, 0.25) is 0 Å². The lowest BCUT2D eigenvalue weighted by molar-refractivity contribution is -0.136. The molecule has 1 atom stereocenters. The van der Waals surface area contributed by atoms with E-state index in [0.29, 0.717) is 5.92 Å². The number of hydrogen-bond acceptors (Lipinski definition) is 2. The minimum absolute atomic E-state index is 0.00623. The van der Waals surface area contributed by atoms with E-state index in [4.69, 9.17) is 5.11 Å². The highest BCUT2D eigenvalue weighted by molar-refractivity contribution is 5.69. The summed E-state index contributed by atoms with van der Waals surface area (Å²) in [7, 11) is 0. The molecule has 0 saturated heterocycles. The van der Waals surface area contributed by atoms with E-state index in [-0.39, 0.29) is 12.6 Å². The molecule has 0 fully saturated rings. The van der Waals surface area contributed by atoms with Crippen LogP contribution in [0.4, 0.5) is 0 Å². The van der Waals surface area contributed by atoms with Crippen molar-refractivity contribution in [1.82, 2.24) is 5.32 Å². The van der Waals surface area contributed by atoms with Gasteiger partial charge < -0.3 is 10.4 Å². The zero-order chi connectivity index (χ0) is 12.0. The summed E-state index contributed by atoms with van der Waals surface area (Å²) in [5.41, 5.74) is 1.15. The molecule has 1 rings (SSSR count). The maximum absolute atomic E-state index is 10.6. The van der Waals surface area contributed by atoms with Crippen LogP contribution in [-0.4, -0.2) is 17.6 Å². The molecular formula is C13H19NO2. The Kier molecular flexibility index (Phi) is 4.99. The molecule has 3 heteroatoms. The van der Waals surface area contributed by atoms with Gasteiger partial charge >= 0.3 is 5.97 Å². The largest absolute Gasteiger partial charge is 0.480 e. The lowest BCUT2D eigenvalue weighted by Gasteiger charge is -2.20. The fraction of sp³-hybridized carbons (Fsp3) is 0.462. The Morgan fingerprint density at radius 3 is 2.44 bits per heavy atom. The minimum atomic E-state index is -0.815. The Morgan fingerprint density at radius 2 is 1.94 bits per heavy atom. The minimum Gasteiger partial charge on any atom is -0.480 e. The Balaban J connectivity index is 2.67. The van der Waals surface area contributed by atoms with Gasteiger partial charge in [-0.3, -0.25) is 4.79 Å². The highest BCUT2D eigenvalue weighted by Crippen LogP contribution is 2.20. The summed E-state index contributed by atoms with van der Waals surface area (Å²) in [5, 5.41) is 11.7. The van der Waals surface area contributed by atoms with Crippen LogP contribution < -0.4 is 5.32 Å². The molecule has 0 aliphatic heterocycles. The molecule has 0 bridgehead atoms.